The van der Waals surface area contributed by atoms with E-state index in [1.165, 1.54) is 12.1 Å². The summed E-state index contributed by atoms with van der Waals surface area (Å²) < 4.78 is 0. The molecule has 0 radical (unpaired) electrons. The van der Waals surface area contributed by atoms with Gasteiger partial charge in [-0.3, -0.25) is 4.79 Å². The summed E-state index contributed by atoms with van der Waals surface area (Å²) in [7, 11) is 0. The summed E-state index contributed by atoms with van der Waals surface area (Å²) in [5, 5.41) is 3.46. The second-order valence-corrected chi connectivity index (χ2v) is 6.29. The number of benzene rings is 2. The fraction of sp³-hybridized carbons (Fsp3) is 0.278. The van der Waals surface area contributed by atoms with Gasteiger partial charge in [0.05, 0.1) is 0 Å². The summed E-state index contributed by atoms with van der Waals surface area (Å²) in [5.74, 6) is 0.604. The van der Waals surface area contributed by atoms with Gasteiger partial charge in [-0.25, -0.2) is 0 Å². The van der Waals surface area contributed by atoms with Gasteiger partial charge < -0.3 is 10.2 Å². The minimum atomic E-state index is -0.148. The van der Waals surface area contributed by atoms with E-state index in [1.807, 2.05) is 12.1 Å². The van der Waals surface area contributed by atoms with Crippen LogP contribution in [-0.2, 0) is 0 Å². The Labute approximate surface area is 135 Å². The number of amides is 1. The molecular formula is C18H19ClN2O. The van der Waals surface area contributed by atoms with Gasteiger partial charge in [0.25, 0.3) is 5.91 Å². The smallest absolute Gasteiger partial charge is 0.255 e. The Kier molecular flexibility index (Phi) is 4.34. The van der Waals surface area contributed by atoms with Gasteiger partial charge in [0.15, 0.2) is 0 Å². The first-order chi connectivity index (χ1) is 10.6. The molecule has 1 amide bonds. The number of rotatable bonds is 3. The third-order valence-electron chi connectivity index (χ3n) is 4.00. The van der Waals surface area contributed by atoms with E-state index < -0.39 is 0 Å². The molecule has 1 atom stereocenters. The molecule has 4 heteroatoms. The highest BCUT2D eigenvalue weighted by atomic mass is 35.5. The molecule has 2 aromatic rings. The molecular weight excluding hydrogens is 296 g/mol. The van der Waals surface area contributed by atoms with Gasteiger partial charge in [0.2, 0.25) is 0 Å². The van der Waals surface area contributed by atoms with E-state index in [-0.39, 0.29) is 5.91 Å². The Balaban J connectivity index is 1.67. The minimum absolute atomic E-state index is 0.148. The molecule has 22 heavy (non-hydrogen) atoms. The number of anilines is 2. The van der Waals surface area contributed by atoms with Gasteiger partial charge in [-0.15, -0.1) is 0 Å². The Morgan fingerprint density at radius 2 is 2.00 bits per heavy atom. The summed E-state index contributed by atoms with van der Waals surface area (Å²) in [4.78, 5) is 14.6. The van der Waals surface area contributed by atoms with Crippen molar-refractivity contribution in [2.45, 2.75) is 13.3 Å². The van der Waals surface area contributed by atoms with Crippen molar-refractivity contribution in [1.29, 1.82) is 0 Å². The quantitative estimate of drug-likeness (QED) is 0.908. The highest BCUT2D eigenvalue weighted by Gasteiger charge is 2.18. The van der Waals surface area contributed by atoms with Crippen molar-refractivity contribution < 1.29 is 4.79 Å². The van der Waals surface area contributed by atoms with E-state index >= 15 is 0 Å². The second-order valence-electron chi connectivity index (χ2n) is 5.85. The maximum absolute atomic E-state index is 12.2. The molecule has 114 valence electrons. The molecule has 1 heterocycles. The van der Waals surface area contributed by atoms with Crippen LogP contribution in [0, 0.1) is 5.92 Å². The summed E-state index contributed by atoms with van der Waals surface area (Å²) >= 11 is 5.91. The number of hydrogen-bond donors (Lipinski definition) is 1. The molecule has 2 aromatic carbocycles. The van der Waals surface area contributed by atoms with E-state index in [1.54, 1.807) is 24.3 Å². The normalized spacial score (nSPS) is 17.5. The number of carbonyl (C=O) groups excluding carboxylic acids is 1. The zero-order valence-electron chi connectivity index (χ0n) is 12.6. The molecule has 0 aliphatic carbocycles. The van der Waals surface area contributed by atoms with Crippen molar-refractivity contribution in [3.8, 4) is 0 Å². The molecule has 1 aliphatic heterocycles. The highest BCUT2D eigenvalue weighted by molar-refractivity contribution is 6.31. The van der Waals surface area contributed by atoms with Gasteiger partial charge in [0.1, 0.15) is 0 Å². The average molecular weight is 315 g/mol. The number of halogens is 1. The predicted molar refractivity (Wildman–Crippen MR) is 91.8 cm³/mol. The predicted octanol–water partition coefficient (Wildman–Crippen LogP) is 4.44. The van der Waals surface area contributed by atoms with E-state index in [0.717, 1.165) is 24.7 Å². The average Bonchev–Trinajstić information content (AvgIpc) is 2.94. The Hall–Kier alpha value is -2.00. The standard InChI is InChI=1S/C18H19ClN2O/c1-13-9-10-21(12-13)17-7-5-16(6-8-17)20-18(22)14-3-2-4-15(19)11-14/h2-8,11,13H,9-10,12H2,1H3,(H,20,22). The number of hydrogen-bond acceptors (Lipinski definition) is 2. The molecule has 0 spiro atoms. The fourth-order valence-corrected chi connectivity index (χ4v) is 2.95. The van der Waals surface area contributed by atoms with Crippen molar-refractivity contribution in [1.82, 2.24) is 0 Å². The van der Waals surface area contributed by atoms with Crippen LogP contribution in [0.15, 0.2) is 48.5 Å². The largest absolute Gasteiger partial charge is 0.371 e. The van der Waals surface area contributed by atoms with Crippen molar-refractivity contribution in [3.05, 3.63) is 59.1 Å². The van der Waals surface area contributed by atoms with E-state index in [0.29, 0.717) is 10.6 Å². The van der Waals surface area contributed by atoms with Crippen molar-refractivity contribution in [2.24, 2.45) is 5.92 Å². The van der Waals surface area contributed by atoms with Crippen LogP contribution in [0.5, 0.6) is 0 Å². The van der Waals surface area contributed by atoms with Crippen LogP contribution in [0.3, 0.4) is 0 Å². The summed E-state index contributed by atoms with van der Waals surface area (Å²) in [5.41, 5.74) is 2.57. The summed E-state index contributed by atoms with van der Waals surface area (Å²) in [6, 6.07) is 15.0. The first-order valence-electron chi connectivity index (χ1n) is 7.54. The number of carbonyl (C=O) groups is 1. The molecule has 3 nitrogen and oxygen atoms in total. The van der Waals surface area contributed by atoms with Crippen LogP contribution in [0.2, 0.25) is 5.02 Å². The third-order valence-corrected chi connectivity index (χ3v) is 4.24. The lowest BCUT2D eigenvalue weighted by atomic mass is 10.2. The van der Waals surface area contributed by atoms with E-state index in [9.17, 15) is 4.79 Å². The topological polar surface area (TPSA) is 32.3 Å². The highest BCUT2D eigenvalue weighted by Crippen LogP contribution is 2.25. The van der Waals surface area contributed by atoms with E-state index in [4.69, 9.17) is 11.6 Å². The second kappa shape index (κ2) is 6.41. The monoisotopic (exact) mass is 314 g/mol. The first kappa shape index (κ1) is 14.9. The lowest BCUT2D eigenvalue weighted by molar-refractivity contribution is 0.102. The SMILES string of the molecule is CC1CCN(c2ccc(NC(=O)c3cccc(Cl)c3)cc2)C1. The summed E-state index contributed by atoms with van der Waals surface area (Å²) in [6.45, 7) is 4.49. The zero-order chi connectivity index (χ0) is 15.5. The molecule has 1 aliphatic rings. The van der Waals surface area contributed by atoms with Gasteiger partial charge in [-0.2, -0.15) is 0 Å². The lowest BCUT2D eigenvalue weighted by Gasteiger charge is -2.18. The van der Waals surface area contributed by atoms with Crippen LogP contribution in [-0.4, -0.2) is 19.0 Å². The van der Waals surface area contributed by atoms with Crippen LogP contribution in [0.1, 0.15) is 23.7 Å². The molecule has 1 N–H and O–H groups in total. The van der Waals surface area contributed by atoms with Gasteiger partial charge in [0, 0.05) is 35.1 Å². The van der Waals surface area contributed by atoms with Crippen molar-refractivity contribution in [3.63, 3.8) is 0 Å². The molecule has 0 aromatic heterocycles. The fourth-order valence-electron chi connectivity index (χ4n) is 2.76. The van der Waals surface area contributed by atoms with Crippen LogP contribution < -0.4 is 10.2 Å². The molecule has 0 bridgehead atoms. The molecule has 1 fully saturated rings. The first-order valence-corrected chi connectivity index (χ1v) is 7.91. The van der Waals surface area contributed by atoms with Crippen molar-refractivity contribution >= 4 is 28.9 Å². The van der Waals surface area contributed by atoms with Gasteiger partial charge in [-0.05, 0) is 54.8 Å². The van der Waals surface area contributed by atoms with Gasteiger partial charge in [-0.1, -0.05) is 24.6 Å². The minimum Gasteiger partial charge on any atom is -0.371 e. The zero-order valence-corrected chi connectivity index (χ0v) is 13.3. The molecule has 1 saturated heterocycles. The Morgan fingerprint density at radius 1 is 1.23 bits per heavy atom. The van der Waals surface area contributed by atoms with Gasteiger partial charge >= 0.3 is 0 Å². The van der Waals surface area contributed by atoms with E-state index in [2.05, 4.69) is 29.3 Å². The van der Waals surface area contributed by atoms with Crippen molar-refractivity contribution in [2.75, 3.05) is 23.3 Å². The lowest BCUT2D eigenvalue weighted by Crippen LogP contribution is -2.19. The van der Waals surface area contributed by atoms with Crippen LogP contribution in [0.25, 0.3) is 0 Å². The van der Waals surface area contributed by atoms with Crippen LogP contribution in [0.4, 0.5) is 11.4 Å². The molecule has 1 unspecified atom stereocenters. The number of nitrogens with one attached hydrogen (secondary N) is 1. The Bertz CT molecular complexity index is 669. The van der Waals surface area contributed by atoms with Crippen LogP contribution >= 0.6 is 11.6 Å². The summed E-state index contributed by atoms with van der Waals surface area (Å²) in [6.07, 6.45) is 1.24. The number of nitrogens with zero attached hydrogens (tertiary/aromatic N) is 1. The molecule has 0 saturated carbocycles. The maximum atomic E-state index is 12.2. The third kappa shape index (κ3) is 3.42. The molecule has 3 rings (SSSR count). The maximum Gasteiger partial charge on any atom is 0.255 e. The Morgan fingerprint density at radius 3 is 2.64 bits per heavy atom.